The fourth-order valence-corrected chi connectivity index (χ4v) is 5.22. The molecule has 6 nitrogen and oxygen atoms in total. The van der Waals surface area contributed by atoms with Gasteiger partial charge in [0.05, 0.1) is 37.8 Å². The SMILES string of the molecule is CCC.CCC.CCCOc1cc(OCCC)cc(-c2nccc3ccccc23)c1.CCOc1cc(OCC)cc(-c2nccc3ccccc23)c1. The van der Waals surface area contributed by atoms with Crippen LogP contribution in [0.5, 0.6) is 23.0 Å². The van der Waals surface area contributed by atoms with Gasteiger partial charge in [0, 0.05) is 46.4 Å². The fourth-order valence-electron chi connectivity index (χ4n) is 5.22. The zero-order valence-electron chi connectivity index (χ0n) is 32.6. The Hall–Kier alpha value is -5.10. The van der Waals surface area contributed by atoms with Gasteiger partial charge in [-0.15, -0.1) is 0 Å². The molecule has 0 aliphatic rings. The first kappa shape index (κ1) is 41.3. The molecule has 6 heteroatoms. The van der Waals surface area contributed by atoms with Gasteiger partial charge in [-0.2, -0.15) is 0 Å². The van der Waals surface area contributed by atoms with E-state index in [-0.39, 0.29) is 0 Å². The fraction of sp³-hybridized carbons (Fsp3) is 0.348. The average molecular weight is 703 g/mol. The summed E-state index contributed by atoms with van der Waals surface area (Å²) in [5, 5.41) is 4.61. The Bertz CT molecular complexity index is 1840. The average Bonchev–Trinajstić information content (AvgIpc) is 3.17. The Morgan fingerprint density at radius 2 is 0.769 bits per heavy atom. The number of aromatic nitrogens is 2. The van der Waals surface area contributed by atoms with E-state index in [0.717, 1.165) is 69.1 Å². The standard InChI is InChI=1S/C21H23NO2.C19H19NO2.2C3H8/c1-3-11-23-18-13-17(14-19(15-18)24-12-4-2)21-20-8-6-5-7-16(20)9-10-22-21;1-3-21-16-11-15(12-17(13-16)22-4-2)19-18-8-6-5-7-14(18)9-10-20-19;2*1-3-2/h5-10,13-15H,3-4,11-12H2,1-2H3;5-13H,3-4H2,1-2H3;2*3H2,1-2H3. The molecule has 0 radical (unpaired) electrons. The lowest BCUT2D eigenvalue weighted by molar-refractivity contribution is 0.302. The van der Waals surface area contributed by atoms with Gasteiger partial charge in [-0.25, -0.2) is 0 Å². The van der Waals surface area contributed by atoms with Crippen LogP contribution in [0.1, 0.15) is 81.1 Å². The van der Waals surface area contributed by atoms with Crippen molar-refractivity contribution in [2.75, 3.05) is 26.4 Å². The van der Waals surface area contributed by atoms with Crippen LogP contribution in [0.15, 0.2) is 109 Å². The molecule has 0 aliphatic carbocycles. The number of nitrogens with zero attached hydrogens (tertiary/aromatic N) is 2. The number of pyridine rings is 2. The molecule has 52 heavy (non-hydrogen) atoms. The van der Waals surface area contributed by atoms with E-state index in [1.54, 1.807) is 0 Å². The minimum atomic E-state index is 0.623. The van der Waals surface area contributed by atoms with Gasteiger partial charge in [-0.05, 0) is 73.9 Å². The smallest absolute Gasteiger partial charge is 0.123 e. The first-order valence-corrected chi connectivity index (χ1v) is 19.0. The maximum absolute atomic E-state index is 5.84. The second-order valence-electron chi connectivity index (χ2n) is 12.1. The van der Waals surface area contributed by atoms with Crippen molar-refractivity contribution in [2.45, 2.75) is 81.1 Å². The van der Waals surface area contributed by atoms with Crippen molar-refractivity contribution in [3.8, 4) is 45.5 Å². The Morgan fingerprint density at radius 3 is 1.12 bits per heavy atom. The first-order chi connectivity index (χ1) is 25.5. The molecule has 0 amide bonds. The summed E-state index contributed by atoms with van der Waals surface area (Å²) in [6.07, 6.45) is 8.14. The minimum absolute atomic E-state index is 0.623. The van der Waals surface area contributed by atoms with E-state index in [0.29, 0.717) is 26.4 Å². The van der Waals surface area contributed by atoms with Crippen LogP contribution in [-0.2, 0) is 0 Å². The molecule has 0 aliphatic heterocycles. The van der Waals surface area contributed by atoms with Gasteiger partial charge in [0.15, 0.2) is 0 Å². The molecule has 6 aromatic rings. The summed E-state index contributed by atoms with van der Waals surface area (Å²) in [4.78, 5) is 9.18. The summed E-state index contributed by atoms with van der Waals surface area (Å²) < 4.78 is 23.0. The number of ether oxygens (including phenoxy) is 4. The third-order valence-corrected chi connectivity index (χ3v) is 7.22. The Labute approximate surface area is 312 Å². The van der Waals surface area contributed by atoms with Crippen molar-refractivity contribution in [2.24, 2.45) is 0 Å². The zero-order chi connectivity index (χ0) is 37.6. The molecule has 2 aromatic heterocycles. The van der Waals surface area contributed by atoms with Gasteiger partial charge in [-0.1, -0.05) is 103 Å². The summed E-state index contributed by atoms with van der Waals surface area (Å²) in [5.41, 5.74) is 3.93. The lowest BCUT2D eigenvalue weighted by Gasteiger charge is -2.13. The topological polar surface area (TPSA) is 62.7 Å². The van der Waals surface area contributed by atoms with E-state index >= 15 is 0 Å². The number of rotatable bonds is 12. The lowest BCUT2D eigenvalue weighted by atomic mass is 10.0. The van der Waals surface area contributed by atoms with Crippen molar-refractivity contribution < 1.29 is 18.9 Å². The Balaban J connectivity index is 0.000000244. The monoisotopic (exact) mass is 702 g/mol. The van der Waals surface area contributed by atoms with Crippen molar-refractivity contribution in [1.82, 2.24) is 9.97 Å². The van der Waals surface area contributed by atoms with E-state index < -0.39 is 0 Å². The predicted octanol–water partition coefficient (Wildman–Crippen LogP) is 13.0. The quantitative estimate of drug-likeness (QED) is 0.126. The molecule has 0 atom stereocenters. The molecule has 0 spiro atoms. The first-order valence-electron chi connectivity index (χ1n) is 19.0. The van der Waals surface area contributed by atoms with Crippen LogP contribution in [0.25, 0.3) is 44.1 Å². The predicted molar refractivity (Wildman–Crippen MR) is 220 cm³/mol. The largest absolute Gasteiger partial charge is 0.494 e. The third kappa shape index (κ3) is 12.6. The van der Waals surface area contributed by atoms with Crippen molar-refractivity contribution >= 4 is 21.5 Å². The van der Waals surface area contributed by atoms with E-state index in [1.807, 2.05) is 99.0 Å². The van der Waals surface area contributed by atoms with Gasteiger partial charge in [0.1, 0.15) is 23.0 Å². The van der Waals surface area contributed by atoms with Gasteiger partial charge in [-0.3, -0.25) is 9.97 Å². The van der Waals surface area contributed by atoms with Crippen LogP contribution in [0, 0.1) is 0 Å². The third-order valence-electron chi connectivity index (χ3n) is 7.22. The Morgan fingerprint density at radius 1 is 0.423 bits per heavy atom. The van der Waals surface area contributed by atoms with Crippen LogP contribution < -0.4 is 18.9 Å². The normalized spacial score (nSPS) is 10.2. The maximum atomic E-state index is 5.84. The molecule has 6 rings (SSSR count). The van der Waals surface area contributed by atoms with E-state index in [9.17, 15) is 0 Å². The number of fused-ring (bicyclic) bond motifs is 2. The number of benzene rings is 4. The van der Waals surface area contributed by atoms with Gasteiger partial charge >= 0.3 is 0 Å². The second kappa shape index (κ2) is 23.4. The molecule has 2 heterocycles. The Kier molecular flexibility index (Phi) is 18.6. The highest BCUT2D eigenvalue weighted by Crippen LogP contribution is 2.34. The lowest BCUT2D eigenvalue weighted by Crippen LogP contribution is -1.99. The van der Waals surface area contributed by atoms with Gasteiger partial charge in [0.2, 0.25) is 0 Å². The molecular formula is C46H58N2O4. The van der Waals surface area contributed by atoms with Crippen LogP contribution >= 0.6 is 0 Å². The second-order valence-corrected chi connectivity index (χ2v) is 12.1. The molecule has 0 bridgehead atoms. The van der Waals surface area contributed by atoms with Crippen molar-refractivity contribution in [3.63, 3.8) is 0 Å². The molecule has 0 N–H and O–H groups in total. The molecule has 0 fully saturated rings. The van der Waals surface area contributed by atoms with E-state index in [1.165, 1.54) is 23.6 Å². The van der Waals surface area contributed by atoms with Gasteiger partial charge < -0.3 is 18.9 Å². The zero-order valence-corrected chi connectivity index (χ0v) is 32.6. The van der Waals surface area contributed by atoms with E-state index in [2.05, 4.69) is 75.8 Å². The number of hydrogen-bond acceptors (Lipinski definition) is 6. The minimum Gasteiger partial charge on any atom is -0.494 e. The summed E-state index contributed by atoms with van der Waals surface area (Å²) >= 11 is 0. The summed E-state index contributed by atoms with van der Waals surface area (Å²) in [6, 6.07) is 32.6. The van der Waals surface area contributed by atoms with Crippen LogP contribution in [0.2, 0.25) is 0 Å². The molecule has 276 valence electrons. The highest BCUT2D eigenvalue weighted by molar-refractivity contribution is 5.95. The van der Waals surface area contributed by atoms with Crippen LogP contribution in [0.4, 0.5) is 0 Å². The molecule has 4 aromatic carbocycles. The molecular weight excluding hydrogens is 645 g/mol. The van der Waals surface area contributed by atoms with Crippen molar-refractivity contribution in [3.05, 3.63) is 109 Å². The molecule has 0 unspecified atom stereocenters. The highest BCUT2D eigenvalue weighted by Gasteiger charge is 2.11. The van der Waals surface area contributed by atoms with Crippen LogP contribution in [0.3, 0.4) is 0 Å². The van der Waals surface area contributed by atoms with Crippen molar-refractivity contribution in [1.29, 1.82) is 0 Å². The van der Waals surface area contributed by atoms with E-state index in [4.69, 9.17) is 18.9 Å². The molecule has 0 saturated heterocycles. The van der Waals surface area contributed by atoms with Crippen LogP contribution in [-0.4, -0.2) is 36.4 Å². The maximum Gasteiger partial charge on any atom is 0.123 e. The molecule has 0 saturated carbocycles. The number of hydrogen-bond donors (Lipinski definition) is 0. The van der Waals surface area contributed by atoms with Gasteiger partial charge in [0.25, 0.3) is 0 Å². The summed E-state index contributed by atoms with van der Waals surface area (Å²) in [7, 11) is 0. The highest BCUT2D eigenvalue weighted by atomic mass is 16.5. The summed E-state index contributed by atoms with van der Waals surface area (Å²) in [6.45, 7) is 19.3. The summed E-state index contributed by atoms with van der Waals surface area (Å²) in [5.74, 6) is 3.27.